The summed E-state index contributed by atoms with van der Waals surface area (Å²) < 4.78 is 13.1. The number of carbonyl (C=O) groups is 2. The van der Waals surface area contributed by atoms with Crippen LogP contribution in [0.25, 0.3) is 0 Å². The van der Waals surface area contributed by atoms with Crippen LogP contribution in [0.15, 0.2) is 102 Å². The summed E-state index contributed by atoms with van der Waals surface area (Å²) in [5.41, 5.74) is 3.52. The third-order valence-corrected chi connectivity index (χ3v) is 6.07. The van der Waals surface area contributed by atoms with E-state index >= 15 is 0 Å². The number of aromatic nitrogens is 1. The quantitative estimate of drug-likeness (QED) is 0.324. The molecule has 0 aliphatic carbocycles. The average molecular weight is 472 g/mol. The van der Waals surface area contributed by atoms with E-state index < -0.39 is 5.82 Å². The molecule has 2 N–H and O–H groups in total. The second-order valence-corrected chi connectivity index (χ2v) is 8.57. The molecule has 34 heavy (non-hydrogen) atoms. The third-order valence-electron chi connectivity index (χ3n) is 4.99. The number of anilines is 1. The summed E-state index contributed by atoms with van der Waals surface area (Å²) in [5.74, 6) is -0.0902. The zero-order chi connectivity index (χ0) is 23.8. The maximum atomic E-state index is 13.1. The molecule has 3 aromatic carbocycles. The minimum Gasteiger partial charge on any atom is -0.348 e. The number of nitrogens with one attached hydrogen (secondary N) is 2. The zero-order valence-corrected chi connectivity index (χ0v) is 19.0. The van der Waals surface area contributed by atoms with E-state index in [-0.39, 0.29) is 11.8 Å². The average Bonchev–Trinajstić information content (AvgIpc) is 2.87. The van der Waals surface area contributed by atoms with Gasteiger partial charge in [0.05, 0.1) is 0 Å². The molecule has 0 saturated heterocycles. The van der Waals surface area contributed by atoms with E-state index in [1.165, 1.54) is 24.3 Å². The summed E-state index contributed by atoms with van der Waals surface area (Å²) in [6, 6.07) is 24.0. The lowest BCUT2D eigenvalue weighted by Crippen LogP contribution is -2.22. The first-order valence-corrected chi connectivity index (χ1v) is 11.6. The molecule has 0 aliphatic heterocycles. The Balaban J connectivity index is 1.29. The molecular weight excluding hydrogens is 449 g/mol. The Bertz CT molecular complexity index is 1260. The van der Waals surface area contributed by atoms with Crippen LogP contribution in [0, 0.1) is 5.82 Å². The summed E-state index contributed by atoms with van der Waals surface area (Å²) in [6.07, 6.45) is 3.60. The van der Waals surface area contributed by atoms with Crippen LogP contribution >= 0.6 is 11.8 Å². The fourth-order valence-electron chi connectivity index (χ4n) is 3.20. The van der Waals surface area contributed by atoms with Crippen LogP contribution in [-0.4, -0.2) is 16.8 Å². The van der Waals surface area contributed by atoms with Crippen LogP contribution in [-0.2, 0) is 12.3 Å². The molecule has 0 spiro atoms. The minimum absolute atomic E-state index is 0.176. The predicted octanol–water partition coefficient (Wildman–Crippen LogP) is 5.70. The van der Waals surface area contributed by atoms with E-state index in [1.54, 1.807) is 48.3 Å². The summed E-state index contributed by atoms with van der Waals surface area (Å²) in [4.78, 5) is 30.1. The topological polar surface area (TPSA) is 71.1 Å². The van der Waals surface area contributed by atoms with Crippen molar-refractivity contribution in [2.45, 2.75) is 17.2 Å². The van der Waals surface area contributed by atoms with Gasteiger partial charge in [-0.3, -0.25) is 14.6 Å². The zero-order valence-electron chi connectivity index (χ0n) is 18.2. The lowest BCUT2D eigenvalue weighted by Gasteiger charge is -2.09. The molecule has 0 saturated carbocycles. The van der Waals surface area contributed by atoms with Crippen molar-refractivity contribution in [3.63, 3.8) is 0 Å². The van der Waals surface area contributed by atoms with Crippen molar-refractivity contribution in [3.8, 4) is 0 Å². The molecule has 0 bridgehead atoms. The summed E-state index contributed by atoms with van der Waals surface area (Å²) >= 11 is 1.68. The number of rotatable bonds is 8. The Labute approximate surface area is 201 Å². The largest absolute Gasteiger partial charge is 0.348 e. The van der Waals surface area contributed by atoms with E-state index in [0.29, 0.717) is 23.4 Å². The summed E-state index contributed by atoms with van der Waals surface area (Å²) in [6.45, 7) is 0.316. The number of nitrogens with zero attached hydrogens (tertiary/aromatic N) is 1. The molecule has 0 radical (unpaired) electrons. The van der Waals surface area contributed by atoms with Gasteiger partial charge in [-0.1, -0.05) is 18.2 Å². The number of carbonyl (C=O) groups excluding carboxylic acids is 2. The maximum Gasteiger partial charge on any atom is 0.255 e. The van der Waals surface area contributed by atoms with Gasteiger partial charge in [0.1, 0.15) is 5.82 Å². The van der Waals surface area contributed by atoms with E-state index in [9.17, 15) is 14.0 Å². The highest BCUT2D eigenvalue weighted by molar-refractivity contribution is 7.98. The molecule has 4 aromatic rings. The Morgan fingerprint density at radius 2 is 1.53 bits per heavy atom. The van der Waals surface area contributed by atoms with Crippen LogP contribution in [0.1, 0.15) is 31.8 Å². The highest BCUT2D eigenvalue weighted by Crippen LogP contribution is 2.22. The molecule has 4 rings (SSSR count). The van der Waals surface area contributed by atoms with Gasteiger partial charge in [-0.05, 0) is 77.9 Å². The van der Waals surface area contributed by atoms with E-state index in [4.69, 9.17) is 0 Å². The van der Waals surface area contributed by atoms with Gasteiger partial charge < -0.3 is 10.6 Å². The van der Waals surface area contributed by atoms with Crippen molar-refractivity contribution in [1.29, 1.82) is 0 Å². The lowest BCUT2D eigenvalue weighted by molar-refractivity contribution is 0.0950. The monoisotopic (exact) mass is 471 g/mol. The molecule has 0 aliphatic rings. The van der Waals surface area contributed by atoms with Crippen molar-refractivity contribution in [1.82, 2.24) is 10.3 Å². The lowest BCUT2D eigenvalue weighted by atomic mass is 10.1. The molecule has 0 fully saturated rings. The molecule has 0 unspecified atom stereocenters. The first-order valence-electron chi connectivity index (χ1n) is 10.6. The first kappa shape index (κ1) is 23.2. The smallest absolute Gasteiger partial charge is 0.255 e. The molecular formula is C27H22FN3O2S. The van der Waals surface area contributed by atoms with Gasteiger partial charge in [-0.15, -0.1) is 11.8 Å². The first-order chi connectivity index (χ1) is 16.6. The maximum absolute atomic E-state index is 13.1. The highest BCUT2D eigenvalue weighted by Gasteiger charge is 2.08. The van der Waals surface area contributed by atoms with E-state index in [1.807, 2.05) is 36.5 Å². The molecule has 1 aromatic heterocycles. The van der Waals surface area contributed by atoms with E-state index in [2.05, 4.69) is 15.6 Å². The van der Waals surface area contributed by atoms with Crippen molar-refractivity contribution < 1.29 is 14.0 Å². The molecule has 0 atom stereocenters. The minimum atomic E-state index is -0.396. The van der Waals surface area contributed by atoms with E-state index in [0.717, 1.165) is 21.8 Å². The fourth-order valence-corrected chi connectivity index (χ4v) is 4.03. The van der Waals surface area contributed by atoms with Gasteiger partial charge in [0.2, 0.25) is 0 Å². The molecule has 7 heteroatoms. The standard InChI is InChI=1S/C27H22FN3O2S/c28-23-10-6-22(7-11-23)27(33)31-24-5-1-3-19(15-24)17-30-26(32)21-8-12-25(13-9-21)34-18-20-4-2-14-29-16-20/h1-16H,17-18H2,(H,30,32)(H,31,33). The second kappa shape index (κ2) is 11.2. The number of hydrogen-bond acceptors (Lipinski definition) is 4. The summed E-state index contributed by atoms with van der Waals surface area (Å²) in [7, 11) is 0. The predicted molar refractivity (Wildman–Crippen MR) is 132 cm³/mol. The Kier molecular flexibility index (Phi) is 7.67. The highest BCUT2D eigenvalue weighted by atomic mass is 32.2. The van der Waals surface area contributed by atoms with Crippen LogP contribution in [0.5, 0.6) is 0 Å². The van der Waals surface area contributed by atoms with Crippen LogP contribution < -0.4 is 10.6 Å². The Morgan fingerprint density at radius 3 is 2.26 bits per heavy atom. The van der Waals surface area contributed by atoms with Gasteiger partial charge in [0, 0.05) is 46.4 Å². The third kappa shape index (κ3) is 6.52. The number of hydrogen-bond donors (Lipinski definition) is 2. The Morgan fingerprint density at radius 1 is 0.824 bits per heavy atom. The van der Waals surface area contributed by atoms with Gasteiger partial charge in [0.15, 0.2) is 0 Å². The molecule has 170 valence electrons. The van der Waals surface area contributed by atoms with Gasteiger partial charge in [-0.2, -0.15) is 0 Å². The number of thioether (sulfide) groups is 1. The van der Waals surface area contributed by atoms with Gasteiger partial charge in [0.25, 0.3) is 11.8 Å². The molecule has 1 heterocycles. The van der Waals surface area contributed by atoms with Gasteiger partial charge >= 0.3 is 0 Å². The van der Waals surface area contributed by atoms with Crippen molar-refractivity contribution in [3.05, 3.63) is 125 Å². The number of benzene rings is 3. The second-order valence-electron chi connectivity index (χ2n) is 7.52. The summed E-state index contributed by atoms with van der Waals surface area (Å²) in [5, 5.41) is 5.69. The van der Waals surface area contributed by atoms with Crippen molar-refractivity contribution in [2.24, 2.45) is 0 Å². The number of halogens is 1. The fraction of sp³-hybridized carbons (Fsp3) is 0.0741. The van der Waals surface area contributed by atoms with Crippen LogP contribution in [0.2, 0.25) is 0 Å². The molecule has 2 amide bonds. The van der Waals surface area contributed by atoms with Crippen LogP contribution in [0.3, 0.4) is 0 Å². The van der Waals surface area contributed by atoms with Crippen molar-refractivity contribution in [2.75, 3.05) is 5.32 Å². The SMILES string of the molecule is O=C(NCc1cccc(NC(=O)c2ccc(F)cc2)c1)c1ccc(SCc2cccnc2)cc1. The molecule has 5 nitrogen and oxygen atoms in total. The van der Waals surface area contributed by atoms with Crippen molar-refractivity contribution >= 4 is 29.3 Å². The normalized spacial score (nSPS) is 10.5. The van der Waals surface area contributed by atoms with Crippen LogP contribution in [0.4, 0.5) is 10.1 Å². The van der Waals surface area contributed by atoms with Gasteiger partial charge in [-0.25, -0.2) is 4.39 Å². The number of amides is 2. The number of pyridine rings is 1. The Hall–Kier alpha value is -3.97.